The Hall–Kier alpha value is -3.03. The maximum absolute atomic E-state index is 12.6. The van der Waals surface area contributed by atoms with Crippen molar-refractivity contribution in [1.82, 2.24) is 10.2 Å². The van der Waals surface area contributed by atoms with Gasteiger partial charge in [-0.15, -0.1) is 0 Å². The first-order chi connectivity index (χ1) is 12.2. The molecule has 0 aromatic heterocycles. The van der Waals surface area contributed by atoms with Crippen molar-refractivity contribution in [3.8, 4) is 0 Å². The van der Waals surface area contributed by atoms with Gasteiger partial charge in [0.1, 0.15) is 6.04 Å². The minimum absolute atomic E-state index is 0.0112. The average molecular weight is 360 g/mol. The first kappa shape index (κ1) is 19.3. The number of carbonyl (C=O) groups excluding carboxylic acids is 5. The van der Waals surface area contributed by atoms with E-state index in [9.17, 15) is 24.0 Å². The summed E-state index contributed by atoms with van der Waals surface area (Å²) in [5, 5.41) is 1.98. The summed E-state index contributed by atoms with van der Waals surface area (Å²) in [6.45, 7) is 4.15. The summed E-state index contributed by atoms with van der Waals surface area (Å²) in [5.74, 6) is -3.38. The van der Waals surface area contributed by atoms with Gasteiger partial charge in [0.2, 0.25) is 5.91 Å². The molecule has 1 atom stereocenters. The summed E-state index contributed by atoms with van der Waals surface area (Å²) in [6.07, 6.45) is 0.193. The highest BCUT2D eigenvalue weighted by Gasteiger charge is 2.43. The van der Waals surface area contributed by atoms with Crippen molar-refractivity contribution in [2.24, 2.45) is 5.92 Å². The van der Waals surface area contributed by atoms with E-state index in [0.717, 1.165) is 11.8 Å². The zero-order valence-electron chi connectivity index (χ0n) is 14.8. The van der Waals surface area contributed by atoms with Crippen LogP contribution in [0.2, 0.25) is 0 Å². The van der Waals surface area contributed by atoms with Crippen molar-refractivity contribution in [3.05, 3.63) is 35.4 Å². The van der Waals surface area contributed by atoms with Crippen molar-refractivity contribution < 1.29 is 28.7 Å². The second-order valence-corrected chi connectivity index (χ2v) is 6.38. The Bertz CT molecular complexity index is 736. The fourth-order valence-corrected chi connectivity index (χ4v) is 2.71. The number of nitrogens with one attached hydrogen (secondary N) is 1. The predicted molar refractivity (Wildman–Crippen MR) is 90.0 cm³/mol. The summed E-state index contributed by atoms with van der Waals surface area (Å²) >= 11 is 0. The summed E-state index contributed by atoms with van der Waals surface area (Å²) in [5.41, 5.74) is 0.460. The molecule has 0 saturated carbocycles. The average Bonchev–Trinajstić information content (AvgIpc) is 2.81. The van der Waals surface area contributed by atoms with E-state index >= 15 is 0 Å². The van der Waals surface area contributed by atoms with Gasteiger partial charge in [-0.3, -0.25) is 29.4 Å². The van der Waals surface area contributed by atoms with Crippen molar-refractivity contribution >= 4 is 29.6 Å². The first-order valence-electron chi connectivity index (χ1n) is 8.16. The first-order valence-corrected chi connectivity index (χ1v) is 8.16. The molecular formula is C18H20N2O6. The molecule has 1 aliphatic rings. The highest BCUT2D eigenvalue weighted by atomic mass is 16.5. The molecule has 2 rings (SSSR count). The van der Waals surface area contributed by atoms with E-state index in [0.29, 0.717) is 0 Å². The molecule has 138 valence electrons. The molecule has 1 heterocycles. The third kappa shape index (κ3) is 4.14. The van der Waals surface area contributed by atoms with Gasteiger partial charge in [0.25, 0.3) is 17.7 Å². The number of imide groups is 2. The van der Waals surface area contributed by atoms with Gasteiger partial charge in [-0.1, -0.05) is 26.0 Å². The number of carbonyl (C=O) groups is 5. The lowest BCUT2D eigenvalue weighted by Crippen LogP contribution is -2.47. The van der Waals surface area contributed by atoms with Gasteiger partial charge in [-0.25, -0.2) is 4.79 Å². The summed E-state index contributed by atoms with van der Waals surface area (Å²) in [7, 11) is 0. The number of hydrogen-bond acceptors (Lipinski definition) is 6. The molecule has 0 fully saturated rings. The molecule has 1 aromatic rings. The van der Waals surface area contributed by atoms with Gasteiger partial charge in [0.05, 0.1) is 11.1 Å². The monoisotopic (exact) mass is 360 g/mol. The van der Waals surface area contributed by atoms with E-state index in [1.165, 1.54) is 12.1 Å². The molecule has 0 spiro atoms. The van der Waals surface area contributed by atoms with E-state index < -0.39 is 42.2 Å². The second-order valence-electron chi connectivity index (χ2n) is 6.38. The van der Waals surface area contributed by atoms with Gasteiger partial charge < -0.3 is 4.74 Å². The van der Waals surface area contributed by atoms with Crippen LogP contribution in [0.4, 0.5) is 0 Å². The van der Waals surface area contributed by atoms with Gasteiger partial charge in [0, 0.05) is 6.92 Å². The number of rotatable bonds is 6. The Kier molecular flexibility index (Phi) is 5.86. The molecule has 26 heavy (non-hydrogen) atoms. The van der Waals surface area contributed by atoms with Gasteiger partial charge in [-0.2, -0.15) is 0 Å². The molecule has 1 aliphatic heterocycles. The largest absolute Gasteiger partial charge is 0.454 e. The number of amides is 4. The highest BCUT2D eigenvalue weighted by molar-refractivity contribution is 6.22. The fourth-order valence-electron chi connectivity index (χ4n) is 2.71. The van der Waals surface area contributed by atoms with E-state index in [2.05, 4.69) is 0 Å². The Morgan fingerprint density at radius 3 is 2.08 bits per heavy atom. The molecule has 1 aromatic carbocycles. The topological polar surface area (TPSA) is 110 Å². The van der Waals surface area contributed by atoms with Gasteiger partial charge >= 0.3 is 5.97 Å². The van der Waals surface area contributed by atoms with E-state index in [1.54, 1.807) is 12.1 Å². The van der Waals surface area contributed by atoms with Crippen LogP contribution in [0.3, 0.4) is 0 Å². The van der Waals surface area contributed by atoms with Crippen LogP contribution in [-0.4, -0.2) is 47.1 Å². The van der Waals surface area contributed by atoms with E-state index in [-0.39, 0.29) is 23.5 Å². The van der Waals surface area contributed by atoms with Crippen molar-refractivity contribution in [2.75, 3.05) is 6.61 Å². The minimum Gasteiger partial charge on any atom is -0.454 e. The lowest BCUT2D eigenvalue weighted by Gasteiger charge is -2.25. The third-order valence-electron chi connectivity index (χ3n) is 3.76. The van der Waals surface area contributed by atoms with Crippen LogP contribution in [0.15, 0.2) is 24.3 Å². The lowest BCUT2D eigenvalue weighted by atomic mass is 10.0. The maximum Gasteiger partial charge on any atom is 0.329 e. The summed E-state index contributed by atoms with van der Waals surface area (Å²) < 4.78 is 4.93. The third-order valence-corrected chi connectivity index (χ3v) is 3.76. The summed E-state index contributed by atoms with van der Waals surface area (Å²) in [6, 6.07) is 5.17. The molecule has 0 bridgehead atoms. The van der Waals surface area contributed by atoms with Crippen LogP contribution >= 0.6 is 0 Å². The number of fused-ring (bicyclic) bond motifs is 1. The molecule has 1 N–H and O–H groups in total. The normalized spacial score (nSPS) is 14.2. The molecular weight excluding hydrogens is 340 g/mol. The van der Waals surface area contributed by atoms with Crippen LogP contribution in [0.25, 0.3) is 0 Å². The Morgan fingerprint density at radius 2 is 1.62 bits per heavy atom. The van der Waals surface area contributed by atoms with Gasteiger partial charge in [0.15, 0.2) is 6.61 Å². The van der Waals surface area contributed by atoms with Crippen molar-refractivity contribution in [3.63, 3.8) is 0 Å². The molecule has 0 unspecified atom stereocenters. The number of nitrogens with zero attached hydrogens (tertiary/aromatic N) is 1. The molecule has 0 radical (unpaired) electrons. The van der Waals surface area contributed by atoms with E-state index in [1.807, 2.05) is 19.2 Å². The van der Waals surface area contributed by atoms with Crippen LogP contribution in [0, 0.1) is 5.92 Å². The molecule has 4 amide bonds. The lowest BCUT2D eigenvalue weighted by molar-refractivity contribution is -0.153. The number of hydrogen-bond donors (Lipinski definition) is 1. The number of benzene rings is 1. The zero-order valence-corrected chi connectivity index (χ0v) is 14.8. The van der Waals surface area contributed by atoms with E-state index in [4.69, 9.17) is 4.74 Å². The second kappa shape index (κ2) is 7.90. The van der Waals surface area contributed by atoms with Gasteiger partial charge in [-0.05, 0) is 24.5 Å². The van der Waals surface area contributed by atoms with Crippen molar-refractivity contribution in [1.29, 1.82) is 0 Å². The smallest absolute Gasteiger partial charge is 0.329 e. The number of esters is 1. The maximum atomic E-state index is 12.6. The number of ether oxygens (including phenoxy) is 1. The van der Waals surface area contributed by atoms with Crippen LogP contribution < -0.4 is 5.32 Å². The standard InChI is InChI=1S/C18H20N2O6/c1-10(2)8-14(18(25)26-9-15(22)19-11(3)21)20-16(23)12-6-4-5-7-13(12)17(20)24/h4-7,10,14H,8-9H2,1-3H3,(H,19,21,22)/t14-/m0/s1. The quantitative estimate of drug-likeness (QED) is 0.596. The Labute approximate surface area is 150 Å². The highest BCUT2D eigenvalue weighted by Crippen LogP contribution is 2.27. The van der Waals surface area contributed by atoms with Crippen LogP contribution in [0.1, 0.15) is 47.9 Å². The predicted octanol–water partition coefficient (Wildman–Crippen LogP) is 0.903. The molecule has 0 saturated heterocycles. The van der Waals surface area contributed by atoms with Crippen molar-refractivity contribution in [2.45, 2.75) is 33.2 Å². The van der Waals surface area contributed by atoms with Crippen LogP contribution in [0.5, 0.6) is 0 Å². The molecule has 8 heteroatoms. The Morgan fingerprint density at radius 1 is 1.08 bits per heavy atom. The summed E-state index contributed by atoms with van der Waals surface area (Å²) in [4.78, 5) is 60.8. The van der Waals surface area contributed by atoms with Crippen LogP contribution in [-0.2, 0) is 19.1 Å². The molecule has 0 aliphatic carbocycles. The Balaban J connectivity index is 2.19. The fraction of sp³-hybridized carbons (Fsp3) is 0.389. The zero-order chi connectivity index (χ0) is 19.4. The molecule has 8 nitrogen and oxygen atoms in total. The SMILES string of the molecule is CC(=O)NC(=O)COC(=O)[C@H](CC(C)C)N1C(=O)c2ccccc2C1=O. The minimum atomic E-state index is -1.15.